The molecule has 25 heavy (non-hydrogen) atoms. The van der Waals surface area contributed by atoms with Gasteiger partial charge >= 0.3 is 6.18 Å². The Kier molecular flexibility index (Phi) is 4.55. The first-order chi connectivity index (χ1) is 11.9. The minimum Gasteiger partial charge on any atom is -0.309 e. The molecule has 0 aliphatic heterocycles. The lowest BCUT2D eigenvalue weighted by Crippen LogP contribution is -2.21. The van der Waals surface area contributed by atoms with Gasteiger partial charge in [0.05, 0.1) is 12.7 Å². The maximum atomic E-state index is 12.5. The van der Waals surface area contributed by atoms with Crippen LogP contribution in [0.4, 0.5) is 19.0 Å². The van der Waals surface area contributed by atoms with Crippen molar-refractivity contribution in [2.45, 2.75) is 19.3 Å². The molecule has 1 amide bonds. The summed E-state index contributed by atoms with van der Waals surface area (Å²) < 4.78 is 40.1. The first-order valence-corrected chi connectivity index (χ1v) is 7.38. The standard InChI is InChI=1S/C16H14F3N5O/c17-16(18,19)13-7-9-23(22-13)11-15(25)21-14-6-8-20-24(14)10-12-4-2-1-3-5-12/h1-9H,10-11H2,(H,21,25). The highest BCUT2D eigenvalue weighted by Gasteiger charge is 2.33. The van der Waals surface area contributed by atoms with Crippen molar-refractivity contribution in [3.63, 3.8) is 0 Å². The first-order valence-electron chi connectivity index (χ1n) is 7.38. The van der Waals surface area contributed by atoms with Crippen LogP contribution in [-0.2, 0) is 24.1 Å². The molecule has 0 fully saturated rings. The number of alkyl halides is 3. The second-order valence-corrected chi connectivity index (χ2v) is 5.30. The Morgan fingerprint density at radius 3 is 2.56 bits per heavy atom. The smallest absolute Gasteiger partial charge is 0.309 e. The van der Waals surface area contributed by atoms with E-state index in [1.807, 2.05) is 30.3 Å². The Labute approximate surface area is 140 Å². The lowest BCUT2D eigenvalue weighted by atomic mass is 10.2. The zero-order chi connectivity index (χ0) is 17.9. The summed E-state index contributed by atoms with van der Waals surface area (Å²) in [7, 11) is 0. The molecule has 9 heteroatoms. The third kappa shape index (κ3) is 4.25. The molecule has 0 spiro atoms. The minimum absolute atomic E-state index is 0.327. The van der Waals surface area contributed by atoms with E-state index in [4.69, 9.17) is 0 Å². The zero-order valence-electron chi connectivity index (χ0n) is 12.9. The highest BCUT2D eigenvalue weighted by molar-refractivity contribution is 5.89. The second kappa shape index (κ2) is 6.80. The van der Waals surface area contributed by atoms with E-state index in [1.165, 1.54) is 6.20 Å². The number of halogens is 3. The fraction of sp³-hybridized carbons (Fsp3) is 0.188. The van der Waals surface area contributed by atoms with Crippen LogP contribution in [0.5, 0.6) is 0 Å². The van der Waals surface area contributed by atoms with Crippen LogP contribution in [0.15, 0.2) is 54.9 Å². The number of nitrogens with one attached hydrogen (secondary N) is 1. The van der Waals surface area contributed by atoms with E-state index >= 15 is 0 Å². The van der Waals surface area contributed by atoms with E-state index in [0.717, 1.165) is 22.5 Å². The van der Waals surface area contributed by atoms with Crippen molar-refractivity contribution < 1.29 is 18.0 Å². The monoisotopic (exact) mass is 349 g/mol. The van der Waals surface area contributed by atoms with Crippen LogP contribution < -0.4 is 5.32 Å². The van der Waals surface area contributed by atoms with Crippen LogP contribution in [0.25, 0.3) is 0 Å². The highest BCUT2D eigenvalue weighted by Crippen LogP contribution is 2.27. The third-order valence-electron chi connectivity index (χ3n) is 3.40. The van der Waals surface area contributed by atoms with Gasteiger partial charge < -0.3 is 5.32 Å². The summed E-state index contributed by atoms with van der Waals surface area (Å²) in [6, 6.07) is 12.0. The topological polar surface area (TPSA) is 64.7 Å². The molecule has 0 radical (unpaired) electrons. The van der Waals surface area contributed by atoms with Gasteiger partial charge in [-0.2, -0.15) is 23.4 Å². The van der Waals surface area contributed by atoms with Crippen LogP contribution in [0, 0.1) is 0 Å². The van der Waals surface area contributed by atoms with Gasteiger partial charge in [-0.05, 0) is 11.6 Å². The number of anilines is 1. The summed E-state index contributed by atoms with van der Waals surface area (Å²) in [6.07, 6.45) is -1.88. The summed E-state index contributed by atoms with van der Waals surface area (Å²) in [5.74, 6) is -0.0382. The van der Waals surface area contributed by atoms with Crippen LogP contribution in [0.2, 0.25) is 0 Å². The Hall–Kier alpha value is -3.10. The van der Waals surface area contributed by atoms with Gasteiger partial charge in [-0.1, -0.05) is 30.3 Å². The van der Waals surface area contributed by atoms with Crippen LogP contribution in [0.1, 0.15) is 11.3 Å². The fourth-order valence-corrected chi connectivity index (χ4v) is 2.25. The van der Waals surface area contributed by atoms with Crippen molar-refractivity contribution >= 4 is 11.7 Å². The lowest BCUT2D eigenvalue weighted by molar-refractivity contribution is -0.141. The average molecular weight is 349 g/mol. The SMILES string of the molecule is O=C(Cn1ccc(C(F)(F)F)n1)Nc1ccnn1Cc1ccccc1. The van der Waals surface area contributed by atoms with Crippen molar-refractivity contribution in [2.75, 3.05) is 5.32 Å². The van der Waals surface area contributed by atoms with E-state index in [2.05, 4.69) is 15.5 Å². The molecule has 3 aromatic rings. The highest BCUT2D eigenvalue weighted by atomic mass is 19.4. The predicted octanol–water partition coefficient (Wildman–Crippen LogP) is 2.79. The largest absolute Gasteiger partial charge is 0.435 e. The molecule has 130 valence electrons. The maximum Gasteiger partial charge on any atom is 0.435 e. The number of hydrogen-bond donors (Lipinski definition) is 1. The molecule has 0 aliphatic rings. The lowest BCUT2D eigenvalue weighted by Gasteiger charge is -2.09. The normalized spacial score (nSPS) is 11.5. The summed E-state index contributed by atoms with van der Waals surface area (Å²) in [6.45, 7) is 0.135. The molecule has 6 nitrogen and oxygen atoms in total. The number of benzene rings is 1. The molecule has 0 unspecified atom stereocenters. The predicted molar refractivity (Wildman–Crippen MR) is 83.6 cm³/mol. The fourth-order valence-electron chi connectivity index (χ4n) is 2.25. The molecule has 2 aromatic heterocycles. The Bertz CT molecular complexity index is 854. The molecule has 0 saturated carbocycles. The van der Waals surface area contributed by atoms with Gasteiger partial charge in [-0.25, -0.2) is 4.68 Å². The van der Waals surface area contributed by atoms with E-state index in [0.29, 0.717) is 12.4 Å². The van der Waals surface area contributed by atoms with Gasteiger partial charge in [0.2, 0.25) is 5.91 Å². The number of amides is 1. The molecule has 3 rings (SSSR count). The van der Waals surface area contributed by atoms with Crippen LogP contribution in [0.3, 0.4) is 0 Å². The first kappa shape index (κ1) is 16.7. The molecule has 2 heterocycles. The minimum atomic E-state index is -4.53. The van der Waals surface area contributed by atoms with Gasteiger partial charge in [0.1, 0.15) is 12.4 Å². The van der Waals surface area contributed by atoms with Crippen molar-refractivity contribution in [2.24, 2.45) is 0 Å². The third-order valence-corrected chi connectivity index (χ3v) is 3.40. The van der Waals surface area contributed by atoms with E-state index in [9.17, 15) is 18.0 Å². The average Bonchev–Trinajstić information content (AvgIpc) is 3.18. The van der Waals surface area contributed by atoms with E-state index < -0.39 is 17.8 Å². The number of aromatic nitrogens is 4. The summed E-state index contributed by atoms with van der Waals surface area (Å²) in [4.78, 5) is 12.0. The summed E-state index contributed by atoms with van der Waals surface area (Å²) in [5, 5.41) is 10.1. The van der Waals surface area contributed by atoms with E-state index in [-0.39, 0.29) is 6.54 Å². The van der Waals surface area contributed by atoms with Gasteiger partial charge in [-0.15, -0.1) is 0 Å². The molecular weight excluding hydrogens is 335 g/mol. The quantitative estimate of drug-likeness (QED) is 0.770. The Morgan fingerprint density at radius 1 is 1.12 bits per heavy atom. The Balaban J connectivity index is 1.64. The number of carbonyl (C=O) groups is 1. The van der Waals surface area contributed by atoms with Gasteiger partial charge in [0, 0.05) is 12.3 Å². The van der Waals surface area contributed by atoms with Crippen molar-refractivity contribution in [3.05, 3.63) is 66.1 Å². The van der Waals surface area contributed by atoms with Crippen LogP contribution >= 0.6 is 0 Å². The number of nitrogens with zero attached hydrogens (tertiary/aromatic N) is 4. The summed E-state index contributed by atoms with van der Waals surface area (Å²) in [5.41, 5.74) is -0.0296. The summed E-state index contributed by atoms with van der Waals surface area (Å²) >= 11 is 0. The molecule has 1 N–H and O–H groups in total. The maximum absolute atomic E-state index is 12.5. The number of hydrogen-bond acceptors (Lipinski definition) is 3. The van der Waals surface area contributed by atoms with Crippen molar-refractivity contribution in [1.29, 1.82) is 0 Å². The van der Waals surface area contributed by atoms with Crippen molar-refractivity contribution in [1.82, 2.24) is 19.6 Å². The van der Waals surface area contributed by atoms with Gasteiger partial charge in [0.25, 0.3) is 0 Å². The van der Waals surface area contributed by atoms with E-state index in [1.54, 1.807) is 10.7 Å². The van der Waals surface area contributed by atoms with Gasteiger partial charge in [0.15, 0.2) is 5.69 Å². The molecule has 0 saturated heterocycles. The molecule has 0 atom stereocenters. The van der Waals surface area contributed by atoms with Crippen molar-refractivity contribution in [3.8, 4) is 0 Å². The Morgan fingerprint density at radius 2 is 1.88 bits per heavy atom. The number of rotatable bonds is 5. The second-order valence-electron chi connectivity index (χ2n) is 5.30. The zero-order valence-corrected chi connectivity index (χ0v) is 12.9. The molecular formula is C16H14F3N5O. The number of carbonyl (C=O) groups excluding carboxylic acids is 1. The molecule has 1 aromatic carbocycles. The van der Waals surface area contributed by atoms with Crippen LogP contribution in [-0.4, -0.2) is 25.5 Å². The van der Waals surface area contributed by atoms with Gasteiger partial charge in [-0.3, -0.25) is 9.48 Å². The molecule has 0 aliphatic carbocycles. The molecule has 0 bridgehead atoms.